The molecule has 0 unspecified atom stereocenters. The Balaban J connectivity index is 1.63. The number of nitrogen functional groups attached to an aromatic ring is 1. The summed E-state index contributed by atoms with van der Waals surface area (Å²) >= 11 is 6.42. The minimum Gasteiger partial charge on any atom is -0.486 e. The van der Waals surface area contributed by atoms with E-state index in [9.17, 15) is 5.26 Å². The van der Waals surface area contributed by atoms with E-state index in [1.807, 2.05) is 43.3 Å². The van der Waals surface area contributed by atoms with E-state index in [2.05, 4.69) is 21.4 Å². The van der Waals surface area contributed by atoms with Crippen molar-refractivity contribution in [3.63, 3.8) is 0 Å². The van der Waals surface area contributed by atoms with Crippen LogP contribution in [-0.4, -0.2) is 9.97 Å². The van der Waals surface area contributed by atoms with Gasteiger partial charge in [0.15, 0.2) is 0 Å². The number of nitrogens with one attached hydrogen (secondary N) is 1. The lowest BCUT2D eigenvalue weighted by atomic mass is 10.1. The Morgan fingerprint density at radius 2 is 2.03 bits per heavy atom. The number of pyridine rings is 2. The lowest BCUT2D eigenvalue weighted by molar-refractivity contribution is 0.301. The van der Waals surface area contributed by atoms with Crippen molar-refractivity contribution in [3.8, 4) is 11.8 Å². The second-order valence-corrected chi connectivity index (χ2v) is 7.17. The normalized spacial score (nSPS) is 10.6. The number of rotatable bonds is 5. The van der Waals surface area contributed by atoms with Crippen molar-refractivity contribution in [2.75, 3.05) is 11.1 Å². The molecule has 30 heavy (non-hydrogen) atoms. The van der Waals surface area contributed by atoms with Crippen LogP contribution in [0.3, 0.4) is 0 Å². The molecule has 0 spiro atoms. The number of anilines is 3. The van der Waals surface area contributed by atoms with Crippen LogP contribution in [0.2, 0.25) is 5.02 Å². The maximum atomic E-state index is 9.54. The SMILES string of the molecule is Cc1cc2ncc(C#N)c(Nc3ccc(OCc4ccccn4)c(Cl)c3)c2cc1N. The molecule has 0 amide bonds. The van der Waals surface area contributed by atoms with Gasteiger partial charge >= 0.3 is 0 Å². The van der Waals surface area contributed by atoms with Gasteiger partial charge in [0.2, 0.25) is 0 Å². The molecule has 0 fully saturated rings. The molecule has 4 rings (SSSR count). The first-order chi connectivity index (χ1) is 14.5. The molecular weight excluding hydrogens is 398 g/mol. The summed E-state index contributed by atoms with van der Waals surface area (Å²) in [5.41, 5.74) is 11.0. The number of nitrogens with two attached hydrogens (primary N) is 1. The highest BCUT2D eigenvalue weighted by Crippen LogP contribution is 2.34. The largest absolute Gasteiger partial charge is 0.486 e. The Hall–Kier alpha value is -3.82. The number of halogens is 1. The number of aryl methyl sites for hydroxylation is 1. The van der Waals surface area contributed by atoms with E-state index in [-0.39, 0.29) is 0 Å². The quantitative estimate of drug-likeness (QED) is 0.425. The predicted octanol–water partition coefficient (Wildman–Crippen LogP) is 5.37. The number of benzene rings is 2. The highest BCUT2D eigenvalue weighted by atomic mass is 35.5. The molecule has 0 bridgehead atoms. The van der Waals surface area contributed by atoms with Crippen LogP contribution >= 0.6 is 11.6 Å². The van der Waals surface area contributed by atoms with Crippen molar-refractivity contribution in [3.05, 3.63) is 82.8 Å². The molecule has 2 aromatic heterocycles. The van der Waals surface area contributed by atoms with E-state index in [1.165, 1.54) is 0 Å². The standard InChI is InChI=1S/C23H18ClN5O/c1-14-8-21-18(10-20(14)26)23(15(11-25)12-28-21)29-16-5-6-22(19(24)9-16)30-13-17-4-2-3-7-27-17/h2-10,12H,13,26H2,1H3,(H,28,29). The summed E-state index contributed by atoms with van der Waals surface area (Å²) in [6.07, 6.45) is 3.26. The minimum atomic E-state index is 0.319. The van der Waals surface area contributed by atoms with Gasteiger partial charge in [-0.15, -0.1) is 0 Å². The van der Waals surface area contributed by atoms with Crippen molar-refractivity contribution in [2.45, 2.75) is 13.5 Å². The van der Waals surface area contributed by atoms with Crippen molar-refractivity contribution in [2.24, 2.45) is 0 Å². The lowest BCUT2D eigenvalue weighted by Gasteiger charge is -2.14. The van der Waals surface area contributed by atoms with Gasteiger partial charge < -0.3 is 15.8 Å². The van der Waals surface area contributed by atoms with Crippen LogP contribution in [0.1, 0.15) is 16.8 Å². The van der Waals surface area contributed by atoms with Gasteiger partial charge in [-0.2, -0.15) is 5.26 Å². The number of aromatic nitrogens is 2. The third-order valence-corrected chi connectivity index (χ3v) is 4.97. The van der Waals surface area contributed by atoms with Gasteiger partial charge in [0, 0.05) is 29.2 Å². The van der Waals surface area contributed by atoms with E-state index in [1.54, 1.807) is 24.5 Å². The Morgan fingerprint density at radius 1 is 1.17 bits per heavy atom. The van der Waals surface area contributed by atoms with E-state index >= 15 is 0 Å². The van der Waals surface area contributed by atoms with Gasteiger partial charge in [0.25, 0.3) is 0 Å². The molecule has 3 N–H and O–H groups in total. The van der Waals surface area contributed by atoms with Crippen LogP contribution < -0.4 is 15.8 Å². The highest BCUT2D eigenvalue weighted by Gasteiger charge is 2.12. The van der Waals surface area contributed by atoms with E-state index in [0.717, 1.165) is 22.2 Å². The molecule has 0 radical (unpaired) electrons. The maximum absolute atomic E-state index is 9.54. The van der Waals surface area contributed by atoms with E-state index < -0.39 is 0 Å². The smallest absolute Gasteiger partial charge is 0.138 e. The number of hydrogen-bond donors (Lipinski definition) is 2. The average Bonchev–Trinajstić information content (AvgIpc) is 2.75. The zero-order valence-corrected chi connectivity index (χ0v) is 16.9. The second-order valence-electron chi connectivity index (χ2n) is 6.76. The third-order valence-electron chi connectivity index (χ3n) is 4.68. The molecule has 148 valence electrons. The minimum absolute atomic E-state index is 0.319. The summed E-state index contributed by atoms with van der Waals surface area (Å²) in [5, 5.41) is 14.0. The molecule has 0 atom stereocenters. The summed E-state index contributed by atoms with van der Waals surface area (Å²) in [6, 6.07) is 16.9. The Labute approximate surface area is 178 Å². The van der Waals surface area contributed by atoms with Crippen molar-refractivity contribution >= 4 is 39.6 Å². The molecule has 4 aromatic rings. The van der Waals surface area contributed by atoms with Gasteiger partial charge in [-0.05, 0) is 55.0 Å². The summed E-state index contributed by atoms with van der Waals surface area (Å²) in [5.74, 6) is 0.549. The van der Waals surface area contributed by atoms with Crippen LogP contribution in [0.15, 0.2) is 60.9 Å². The van der Waals surface area contributed by atoms with Crippen molar-refractivity contribution in [1.82, 2.24) is 9.97 Å². The number of nitriles is 1. The third kappa shape index (κ3) is 3.97. The molecule has 7 heteroatoms. The zero-order chi connectivity index (χ0) is 21.1. The molecule has 2 aromatic carbocycles. The van der Waals surface area contributed by atoms with Crippen LogP contribution in [0.25, 0.3) is 10.9 Å². The molecule has 2 heterocycles. The molecular formula is C23H18ClN5O. The lowest BCUT2D eigenvalue weighted by Crippen LogP contribution is -2.00. The summed E-state index contributed by atoms with van der Waals surface area (Å²) in [6.45, 7) is 2.24. The van der Waals surface area contributed by atoms with E-state index in [0.29, 0.717) is 40.0 Å². The predicted molar refractivity (Wildman–Crippen MR) is 119 cm³/mol. The van der Waals surface area contributed by atoms with Gasteiger partial charge in [0.05, 0.1) is 27.5 Å². The second kappa shape index (κ2) is 8.27. The molecule has 0 saturated carbocycles. The fourth-order valence-electron chi connectivity index (χ4n) is 3.05. The van der Waals surface area contributed by atoms with Crippen molar-refractivity contribution < 1.29 is 4.74 Å². The first-order valence-electron chi connectivity index (χ1n) is 9.23. The number of hydrogen-bond acceptors (Lipinski definition) is 6. The fraction of sp³-hybridized carbons (Fsp3) is 0.0870. The van der Waals surface area contributed by atoms with E-state index in [4.69, 9.17) is 22.1 Å². The Bertz CT molecular complexity index is 1270. The van der Waals surface area contributed by atoms with Crippen LogP contribution in [0, 0.1) is 18.3 Å². The number of fused-ring (bicyclic) bond motifs is 1. The summed E-state index contributed by atoms with van der Waals surface area (Å²) in [7, 11) is 0. The topological polar surface area (TPSA) is 96.8 Å². The summed E-state index contributed by atoms with van der Waals surface area (Å²) in [4.78, 5) is 8.60. The fourth-order valence-corrected chi connectivity index (χ4v) is 3.29. The number of ether oxygens (including phenoxy) is 1. The molecule has 0 aliphatic carbocycles. The molecule has 0 saturated heterocycles. The first-order valence-corrected chi connectivity index (χ1v) is 9.61. The monoisotopic (exact) mass is 415 g/mol. The van der Waals surface area contributed by atoms with Gasteiger partial charge in [-0.3, -0.25) is 9.97 Å². The van der Waals surface area contributed by atoms with Gasteiger partial charge in [-0.25, -0.2) is 0 Å². The van der Waals surface area contributed by atoms with Gasteiger partial charge in [-0.1, -0.05) is 17.7 Å². The Kier molecular flexibility index (Phi) is 5.38. The van der Waals surface area contributed by atoms with Crippen LogP contribution in [0.5, 0.6) is 5.75 Å². The highest BCUT2D eigenvalue weighted by molar-refractivity contribution is 6.32. The summed E-state index contributed by atoms with van der Waals surface area (Å²) < 4.78 is 5.77. The van der Waals surface area contributed by atoms with Crippen molar-refractivity contribution in [1.29, 1.82) is 5.26 Å². The molecule has 0 aliphatic rings. The average molecular weight is 416 g/mol. The van der Waals surface area contributed by atoms with Gasteiger partial charge in [0.1, 0.15) is 18.4 Å². The maximum Gasteiger partial charge on any atom is 0.138 e. The molecule has 6 nitrogen and oxygen atoms in total. The van der Waals surface area contributed by atoms with Crippen LogP contribution in [-0.2, 0) is 6.61 Å². The zero-order valence-electron chi connectivity index (χ0n) is 16.2. The first kappa shape index (κ1) is 19.5. The Morgan fingerprint density at radius 3 is 2.77 bits per heavy atom. The molecule has 0 aliphatic heterocycles. The van der Waals surface area contributed by atoms with Crippen LogP contribution in [0.4, 0.5) is 17.1 Å². The number of nitrogens with zero attached hydrogens (tertiary/aromatic N) is 3.